The molecule has 0 saturated carbocycles. The van der Waals surface area contributed by atoms with Crippen molar-refractivity contribution < 1.29 is 17.7 Å². The van der Waals surface area contributed by atoms with Gasteiger partial charge in [-0.1, -0.05) is 24.3 Å². The summed E-state index contributed by atoms with van der Waals surface area (Å²) in [5.74, 6) is 0. The summed E-state index contributed by atoms with van der Waals surface area (Å²) in [4.78, 5) is 0. The van der Waals surface area contributed by atoms with Crippen LogP contribution in [0.15, 0.2) is 36.4 Å². The number of halogens is 1. The van der Waals surface area contributed by atoms with E-state index in [1.165, 1.54) is 35.0 Å². The van der Waals surface area contributed by atoms with E-state index in [9.17, 15) is 0 Å². The number of fused-ring (bicyclic) bond motifs is 3. The van der Waals surface area contributed by atoms with Gasteiger partial charge in [0.1, 0.15) is 5.69 Å². The molecule has 72 valence electrons. The molecule has 14 heavy (non-hydrogen) atoms. The molecule has 1 aliphatic rings. The predicted molar refractivity (Wildman–Crippen MR) is 54.1 cm³/mol. The van der Waals surface area contributed by atoms with Crippen LogP contribution in [0.5, 0.6) is 0 Å². The van der Waals surface area contributed by atoms with Gasteiger partial charge in [0.2, 0.25) is 0 Å². The van der Waals surface area contributed by atoms with Crippen LogP contribution < -0.4 is 17.7 Å². The number of rotatable bonds is 0. The lowest BCUT2D eigenvalue weighted by Gasteiger charge is -2.00. The van der Waals surface area contributed by atoms with E-state index >= 15 is 0 Å². The quantitative estimate of drug-likeness (QED) is 0.510. The molecule has 0 atom stereocenters. The van der Waals surface area contributed by atoms with Crippen LogP contribution in [0.2, 0.25) is 0 Å². The molecule has 2 aromatic carbocycles. The molecule has 2 N–H and O–H groups in total. The van der Waals surface area contributed by atoms with Gasteiger partial charge < -0.3 is 17.7 Å². The van der Waals surface area contributed by atoms with E-state index in [1.807, 2.05) is 0 Å². The first-order valence-corrected chi connectivity index (χ1v) is 4.79. The van der Waals surface area contributed by atoms with Gasteiger partial charge in [-0.15, -0.1) is 0 Å². The molecule has 1 nitrogen and oxygen atoms in total. The second-order valence-corrected chi connectivity index (χ2v) is 3.60. The molecule has 0 aromatic heterocycles. The van der Waals surface area contributed by atoms with Crippen LogP contribution in [-0.2, 0) is 6.42 Å². The lowest BCUT2D eigenvalue weighted by molar-refractivity contribution is -0.561. The van der Waals surface area contributed by atoms with Crippen molar-refractivity contribution in [3.8, 4) is 0 Å². The van der Waals surface area contributed by atoms with E-state index < -0.39 is 0 Å². The van der Waals surface area contributed by atoms with Gasteiger partial charge in [0.25, 0.3) is 0 Å². The molecule has 0 bridgehead atoms. The van der Waals surface area contributed by atoms with Crippen LogP contribution in [0.4, 0.5) is 5.69 Å². The Kier molecular flexibility index (Phi) is 2.44. The minimum atomic E-state index is 0. The third-order valence-corrected chi connectivity index (χ3v) is 2.84. The smallest absolute Gasteiger partial charge is 0.133 e. The molecule has 2 aromatic rings. The number of benzene rings is 2. The van der Waals surface area contributed by atoms with Gasteiger partial charge >= 0.3 is 0 Å². The van der Waals surface area contributed by atoms with Crippen molar-refractivity contribution in [2.45, 2.75) is 6.42 Å². The standard InChI is InChI=1S/C12H11N.ClH/c1-2-4-10-9(3-1)5-6-12-11(10)7-8-13-12;/h1-6,13H,7-8H2;1H. The fourth-order valence-electron chi connectivity index (χ4n) is 2.20. The highest BCUT2D eigenvalue weighted by Crippen LogP contribution is 2.25. The van der Waals surface area contributed by atoms with Crippen LogP contribution >= 0.6 is 0 Å². The molecule has 3 rings (SSSR count). The molecule has 1 heterocycles. The molecule has 0 unspecified atom stereocenters. The first kappa shape index (κ1) is 9.50. The van der Waals surface area contributed by atoms with E-state index in [0.29, 0.717) is 0 Å². The molecule has 0 radical (unpaired) electrons. The maximum atomic E-state index is 2.34. The number of nitrogens with two attached hydrogens (primary N) is 1. The van der Waals surface area contributed by atoms with Crippen molar-refractivity contribution in [3.63, 3.8) is 0 Å². The monoisotopic (exact) mass is 205 g/mol. The van der Waals surface area contributed by atoms with Gasteiger partial charge in [-0.2, -0.15) is 0 Å². The second-order valence-electron chi connectivity index (χ2n) is 3.60. The highest BCUT2D eigenvalue weighted by molar-refractivity contribution is 5.88. The van der Waals surface area contributed by atoms with Crippen LogP contribution in [0.25, 0.3) is 10.8 Å². The lowest BCUT2D eigenvalue weighted by atomic mass is 10.0. The van der Waals surface area contributed by atoms with Gasteiger partial charge in [0.05, 0.1) is 6.54 Å². The second kappa shape index (κ2) is 3.60. The molecular formula is C12H12ClN. The summed E-state index contributed by atoms with van der Waals surface area (Å²) in [6.45, 7) is 1.21. The summed E-state index contributed by atoms with van der Waals surface area (Å²) in [7, 11) is 0. The Morgan fingerprint density at radius 1 is 1.00 bits per heavy atom. The largest absolute Gasteiger partial charge is 1.00 e. The maximum Gasteiger partial charge on any atom is 0.133 e. The van der Waals surface area contributed by atoms with E-state index in [4.69, 9.17) is 0 Å². The number of quaternary nitrogens is 1. The molecule has 0 fully saturated rings. The average Bonchev–Trinajstić information content (AvgIpc) is 2.65. The van der Waals surface area contributed by atoms with Crippen molar-refractivity contribution in [2.75, 3.05) is 6.54 Å². The van der Waals surface area contributed by atoms with E-state index in [0.717, 1.165) is 0 Å². The highest BCUT2D eigenvalue weighted by Gasteiger charge is 2.16. The van der Waals surface area contributed by atoms with Gasteiger partial charge in [-0.25, -0.2) is 0 Å². The first-order chi connectivity index (χ1) is 6.45. The Labute approximate surface area is 89.5 Å². The Morgan fingerprint density at radius 3 is 2.79 bits per heavy atom. The van der Waals surface area contributed by atoms with Gasteiger partial charge in [-0.3, -0.25) is 0 Å². The molecular weight excluding hydrogens is 194 g/mol. The maximum absolute atomic E-state index is 2.34. The van der Waals surface area contributed by atoms with Crippen molar-refractivity contribution in [3.05, 3.63) is 42.0 Å². The Balaban J connectivity index is 0.000000750. The molecule has 0 amide bonds. The third-order valence-electron chi connectivity index (χ3n) is 2.84. The van der Waals surface area contributed by atoms with E-state index in [1.54, 1.807) is 0 Å². The van der Waals surface area contributed by atoms with Crippen molar-refractivity contribution in [1.29, 1.82) is 0 Å². The normalized spacial score (nSPS) is 13.7. The van der Waals surface area contributed by atoms with Gasteiger partial charge in [0.15, 0.2) is 0 Å². The summed E-state index contributed by atoms with van der Waals surface area (Å²) < 4.78 is 0. The zero-order valence-electron chi connectivity index (χ0n) is 7.83. The summed E-state index contributed by atoms with van der Waals surface area (Å²) >= 11 is 0. The fourth-order valence-corrected chi connectivity index (χ4v) is 2.20. The molecule has 0 aliphatic carbocycles. The number of hydrogen-bond donors (Lipinski definition) is 1. The van der Waals surface area contributed by atoms with Crippen LogP contribution in [0.3, 0.4) is 0 Å². The highest BCUT2D eigenvalue weighted by atomic mass is 35.5. The molecule has 0 spiro atoms. The summed E-state index contributed by atoms with van der Waals surface area (Å²) in [6, 6.07) is 13.1. The Hall–Kier alpha value is -1.05. The van der Waals surface area contributed by atoms with Crippen molar-refractivity contribution in [1.82, 2.24) is 0 Å². The van der Waals surface area contributed by atoms with Crippen molar-refractivity contribution >= 4 is 16.5 Å². The van der Waals surface area contributed by atoms with Crippen LogP contribution in [-0.4, -0.2) is 6.54 Å². The van der Waals surface area contributed by atoms with Crippen LogP contribution in [0.1, 0.15) is 5.56 Å². The zero-order valence-corrected chi connectivity index (χ0v) is 8.59. The zero-order chi connectivity index (χ0) is 8.67. The number of hydrogen-bond acceptors (Lipinski definition) is 0. The van der Waals surface area contributed by atoms with Crippen molar-refractivity contribution in [2.24, 2.45) is 0 Å². The minimum absolute atomic E-state index is 0. The fraction of sp³-hybridized carbons (Fsp3) is 0.167. The SMILES string of the molecule is [Cl-].c1ccc2c3c(ccc2c1)[NH2+]CC3. The topological polar surface area (TPSA) is 16.6 Å². The summed E-state index contributed by atoms with van der Waals surface area (Å²) in [5, 5.41) is 5.15. The third kappa shape index (κ3) is 1.29. The van der Waals surface area contributed by atoms with Crippen LogP contribution in [0, 0.1) is 0 Å². The first-order valence-electron chi connectivity index (χ1n) is 4.79. The molecule has 2 heteroatoms. The average molecular weight is 206 g/mol. The molecule has 1 aliphatic heterocycles. The Bertz CT molecular complexity index is 465. The van der Waals surface area contributed by atoms with E-state index in [2.05, 4.69) is 41.7 Å². The lowest BCUT2D eigenvalue weighted by Crippen LogP contribution is -3.00. The van der Waals surface area contributed by atoms with Gasteiger partial charge in [-0.05, 0) is 22.9 Å². The predicted octanol–water partition coefficient (Wildman–Crippen LogP) is -1.41. The minimum Gasteiger partial charge on any atom is -1.00 e. The van der Waals surface area contributed by atoms with Gasteiger partial charge in [0, 0.05) is 12.0 Å². The summed E-state index contributed by atoms with van der Waals surface area (Å²) in [6.07, 6.45) is 1.22. The van der Waals surface area contributed by atoms with E-state index in [-0.39, 0.29) is 12.4 Å². The summed E-state index contributed by atoms with van der Waals surface area (Å²) in [5.41, 5.74) is 2.98. The Morgan fingerprint density at radius 2 is 1.86 bits per heavy atom. The molecule has 0 saturated heterocycles.